The van der Waals surface area contributed by atoms with E-state index in [9.17, 15) is 0 Å². The summed E-state index contributed by atoms with van der Waals surface area (Å²) in [7, 11) is 0. The first kappa shape index (κ1) is 16.5. The van der Waals surface area contributed by atoms with Gasteiger partial charge in [-0.05, 0) is 80.6 Å². The summed E-state index contributed by atoms with van der Waals surface area (Å²) in [6.45, 7) is 11.5. The molecule has 1 aromatic rings. The lowest BCUT2D eigenvalue weighted by Gasteiger charge is -2.33. The summed E-state index contributed by atoms with van der Waals surface area (Å²) >= 11 is 0. The third kappa shape index (κ3) is 4.85. The van der Waals surface area contributed by atoms with Gasteiger partial charge in [-0.2, -0.15) is 0 Å². The van der Waals surface area contributed by atoms with Crippen LogP contribution in [0.2, 0.25) is 0 Å². The van der Waals surface area contributed by atoms with E-state index >= 15 is 0 Å². The number of hydrogen-bond acceptors (Lipinski definition) is 1. The Bertz CT molecular complexity index is 415. The quantitative estimate of drug-likeness (QED) is 0.785. The average Bonchev–Trinajstić information content (AvgIpc) is 2.44. The summed E-state index contributed by atoms with van der Waals surface area (Å²) < 4.78 is 0. The summed E-state index contributed by atoms with van der Waals surface area (Å²) in [6.07, 6.45) is 6.97. The molecule has 1 heteroatoms. The lowest BCUT2D eigenvalue weighted by molar-refractivity contribution is 0.226. The fourth-order valence-electron chi connectivity index (χ4n) is 3.81. The first-order valence-corrected chi connectivity index (χ1v) is 8.83. The van der Waals surface area contributed by atoms with E-state index in [0.29, 0.717) is 0 Å². The van der Waals surface area contributed by atoms with Crippen molar-refractivity contribution in [1.82, 2.24) is 5.32 Å². The van der Waals surface area contributed by atoms with Gasteiger partial charge in [0.15, 0.2) is 0 Å². The van der Waals surface area contributed by atoms with Crippen LogP contribution in [0.1, 0.15) is 56.2 Å². The van der Waals surface area contributed by atoms with Gasteiger partial charge in [-0.15, -0.1) is 0 Å². The largest absolute Gasteiger partial charge is 0.316 e. The zero-order valence-corrected chi connectivity index (χ0v) is 14.4. The second-order valence-corrected chi connectivity index (χ2v) is 7.43. The summed E-state index contributed by atoms with van der Waals surface area (Å²) in [4.78, 5) is 0. The van der Waals surface area contributed by atoms with Gasteiger partial charge in [-0.25, -0.2) is 0 Å². The molecule has 0 saturated heterocycles. The smallest absolute Gasteiger partial charge is 0.00176 e. The SMILES string of the molecule is Cc1cccc(C)c1CC1CCCCC1CNCC(C)C. The van der Waals surface area contributed by atoms with Crippen LogP contribution >= 0.6 is 0 Å². The number of aryl methyl sites for hydroxylation is 2. The van der Waals surface area contributed by atoms with E-state index < -0.39 is 0 Å². The summed E-state index contributed by atoms with van der Waals surface area (Å²) in [5.74, 6) is 2.50. The molecular weight excluding hydrogens is 254 g/mol. The van der Waals surface area contributed by atoms with Crippen molar-refractivity contribution < 1.29 is 0 Å². The first-order valence-electron chi connectivity index (χ1n) is 8.83. The predicted octanol–water partition coefficient (Wildman–Crippen LogP) is 4.90. The molecule has 0 bridgehead atoms. The van der Waals surface area contributed by atoms with Crippen LogP contribution < -0.4 is 5.32 Å². The van der Waals surface area contributed by atoms with Crippen LogP contribution in [0.5, 0.6) is 0 Å². The standard InChI is InChI=1S/C20H33N/c1-15(2)13-21-14-19-11-6-5-10-18(19)12-20-16(3)8-7-9-17(20)4/h7-9,15,18-19,21H,5-6,10-14H2,1-4H3. The van der Waals surface area contributed by atoms with Crippen LogP contribution in [-0.4, -0.2) is 13.1 Å². The van der Waals surface area contributed by atoms with Crippen molar-refractivity contribution in [2.24, 2.45) is 17.8 Å². The van der Waals surface area contributed by atoms with Gasteiger partial charge in [-0.1, -0.05) is 44.9 Å². The Morgan fingerprint density at radius 1 is 1.05 bits per heavy atom. The van der Waals surface area contributed by atoms with E-state index in [4.69, 9.17) is 0 Å². The minimum absolute atomic E-state index is 0.755. The highest BCUT2D eigenvalue weighted by atomic mass is 14.9. The molecule has 118 valence electrons. The van der Waals surface area contributed by atoms with Crippen molar-refractivity contribution in [2.45, 2.75) is 59.8 Å². The lowest BCUT2D eigenvalue weighted by atomic mass is 9.75. The number of nitrogens with one attached hydrogen (secondary N) is 1. The van der Waals surface area contributed by atoms with Crippen LogP contribution in [0.3, 0.4) is 0 Å². The summed E-state index contributed by atoms with van der Waals surface area (Å²) in [5.41, 5.74) is 4.57. The van der Waals surface area contributed by atoms with Crippen LogP contribution in [0, 0.1) is 31.6 Å². The average molecular weight is 287 g/mol. The van der Waals surface area contributed by atoms with Gasteiger partial charge in [0, 0.05) is 0 Å². The van der Waals surface area contributed by atoms with E-state index in [2.05, 4.69) is 51.2 Å². The van der Waals surface area contributed by atoms with E-state index in [1.807, 2.05) is 0 Å². The second kappa shape index (κ2) is 7.98. The Morgan fingerprint density at radius 3 is 2.29 bits per heavy atom. The predicted molar refractivity (Wildman–Crippen MR) is 92.8 cm³/mol. The molecule has 0 radical (unpaired) electrons. The number of benzene rings is 1. The van der Waals surface area contributed by atoms with Crippen molar-refractivity contribution in [3.8, 4) is 0 Å². The van der Waals surface area contributed by atoms with Gasteiger partial charge >= 0.3 is 0 Å². The second-order valence-electron chi connectivity index (χ2n) is 7.43. The molecule has 1 fully saturated rings. The summed E-state index contributed by atoms with van der Waals surface area (Å²) in [6, 6.07) is 6.74. The molecular formula is C20H33N. The topological polar surface area (TPSA) is 12.0 Å². The number of rotatable bonds is 6. The minimum Gasteiger partial charge on any atom is -0.316 e. The normalized spacial score (nSPS) is 22.7. The maximum absolute atomic E-state index is 3.70. The molecule has 0 amide bonds. The molecule has 1 aromatic carbocycles. The molecule has 1 aliphatic rings. The van der Waals surface area contributed by atoms with Crippen LogP contribution in [-0.2, 0) is 6.42 Å². The molecule has 1 nitrogen and oxygen atoms in total. The maximum atomic E-state index is 3.70. The van der Waals surface area contributed by atoms with Crippen LogP contribution in [0.15, 0.2) is 18.2 Å². The molecule has 0 heterocycles. The Morgan fingerprint density at radius 2 is 1.67 bits per heavy atom. The highest BCUT2D eigenvalue weighted by Crippen LogP contribution is 2.33. The van der Waals surface area contributed by atoms with Crippen molar-refractivity contribution in [2.75, 3.05) is 13.1 Å². The zero-order chi connectivity index (χ0) is 15.2. The van der Waals surface area contributed by atoms with Crippen molar-refractivity contribution in [1.29, 1.82) is 0 Å². The molecule has 21 heavy (non-hydrogen) atoms. The Labute approximate surface area is 131 Å². The molecule has 2 unspecified atom stereocenters. The highest BCUT2D eigenvalue weighted by molar-refractivity contribution is 5.33. The van der Waals surface area contributed by atoms with E-state index in [0.717, 1.165) is 24.3 Å². The third-order valence-electron chi connectivity index (χ3n) is 5.14. The van der Waals surface area contributed by atoms with Crippen molar-refractivity contribution in [3.63, 3.8) is 0 Å². The van der Waals surface area contributed by atoms with Gasteiger partial charge in [0.25, 0.3) is 0 Å². The molecule has 1 aliphatic carbocycles. The Balaban J connectivity index is 1.98. The fraction of sp³-hybridized carbons (Fsp3) is 0.700. The van der Waals surface area contributed by atoms with E-state index in [1.165, 1.54) is 49.8 Å². The Hall–Kier alpha value is -0.820. The van der Waals surface area contributed by atoms with Crippen molar-refractivity contribution >= 4 is 0 Å². The zero-order valence-electron chi connectivity index (χ0n) is 14.4. The van der Waals surface area contributed by atoms with E-state index in [-0.39, 0.29) is 0 Å². The minimum atomic E-state index is 0.755. The molecule has 0 aliphatic heterocycles. The molecule has 1 N–H and O–H groups in total. The molecule has 0 spiro atoms. The Kier molecular flexibility index (Phi) is 6.29. The van der Waals surface area contributed by atoms with Crippen molar-refractivity contribution in [3.05, 3.63) is 34.9 Å². The van der Waals surface area contributed by atoms with Crippen LogP contribution in [0.25, 0.3) is 0 Å². The number of hydrogen-bond donors (Lipinski definition) is 1. The van der Waals surface area contributed by atoms with Gasteiger partial charge < -0.3 is 5.32 Å². The monoisotopic (exact) mass is 287 g/mol. The van der Waals surface area contributed by atoms with Gasteiger partial charge in [0.1, 0.15) is 0 Å². The lowest BCUT2D eigenvalue weighted by Crippen LogP contribution is -2.33. The molecule has 1 saturated carbocycles. The third-order valence-corrected chi connectivity index (χ3v) is 5.14. The summed E-state index contributed by atoms with van der Waals surface area (Å²) in [5, 5.41) is 3.70. The molecule has 2 atom stereocenters. The maximum Gasteiger partial charge on any atom is -0.00176 e. The van der Waals surface area contributed by atoms with Gasteiger partial charge in [0.2, 0.25) is 0 Å². The van der Waals surface area contributed by atoms with Gasteiger partial charge in [-0.3, -0.25) is 0 Å². The highest BCUT2D eigenvalue weighted by Gasteiger charge is 2.25. The fourth-order valence-corrected chi connectivity index (χ4v) is 3.81. The van der Waals surface area contributed by atoms with Crippen LogP contribution in [0.4, 0.5) is 0 Å². The van der Waals surface area contributed by atoms with E-state index in [1.54, 1.807) is 5.56 Å². The van der Waals surface area contributed by atoms with Gasteiger partial charge in [0.05, 0.1) is 0 Å². The molecule has 2 rings (SSSR count). The molecule has 0 aromatic heterocycles. The first-order chi connectivity index (χ1) is 10.1.